The van der Waals surface area contributed by atoms with Gasteiger partial charge in [-0.1, -0.05) is 42.6 Å². The van der Waals surface area contributed by atoms with Crippen molar-refractivity contribution >= 4 is 35.1 Å². The Bertz CT molecular complexity index is 672. The van der Waals surface area contributed by atoms with Crippen LogP contribution in [-0.2, 0) is 11.2 Å². The van der Waals surface area contributed by atoms with Gasteiger partial charge in [0, 0.05) is 16.3 Å². The predicted molar refractivity (Wildman–Crippen MR) is 96.1 cm³/mol. The van der Waals surface area contributed by atoms with Crippen molar-refractivity contribution in [3.63, 3.8) is 0 Å². The molecule has 0 radical (unpaired) electrons. The highest BCUT2D eigenvalue weighted by molar-refractivity contribution is 8.00. The van der Waals surface area contributed by atoms with Crippen LogP contribution in [0.2, 0.25) is 5.02 Å². The number of rotatable bonds is 5. The van der Waals surface area contributed by atoms with Crippen LogP contribution in [0, 0.1) is 0 Å². The molecule has 1 N–H and O–H groups in total. The second-order valence-corrected chi connectivity index (χ2v) is 7.41. The van der Waals surface area contributed by atoms with Crippen LogP contribution in [0.3, 0.4) is 0 Å². The molecule has 2 aromatic rings. The number of thioether (sulfide) groups is 1. The number of aromatic nitrogens is 1. The van der Waals surface area contributed by atoms with Gasteiger partial charge in [0.1, 0.15) is 5.82 Å². The number of nitrogens with zero attached hydrogens (tertiary/aromatic N) is 1. The van der Waals surface area contributed by atoms with Crippen molar-refractivity contribution in [1.82, 2.24) is 4.98 Å². The number of anilines is 1. The van der Waals surface area contributed by atoms with Gasteiger partial charge in [-0.05, 0) is 36.6 Å². The van der Waals surface area contributed by atoms with E-state index in [0.29, 0.717) is 16.1 Å². The number of pyridine rings is 1. The summed E-state index contributed by atoms with van der Waals surface area (Å²) in [6.07, 6.45) is 7.04. The van der Waals surface area contributed by atoms with E-state index in [1.807, 2.05) is 42.1 Å². The fourth-order valence-corrected chi connectivity index (χ4v) is 4.41. The molecule has 5 heteroatoms. The number of amides is 1. The van der Waals surface area contributed by atoms with Crippen molar-refractivity contribution in [1.29, 1.82) is 0 Å². The Hall–Kier alpha value is -1.52. The summed E-state index contributed by atoms with van der Waals surface area (Å²) in [6.45, 7) is 0. The molecule has 0 unspecified atom stereocenters. The average Bonchev–Trinajstić information content (AvgIpc) is 3.05. The van der Waals surface area contributed by atoms with Crippen LogP contribution < -0.4 is 5.32 Å². The molecule has 23 heavy (non-hydrogen) atoms. The van der Waals surface area contributed by atoms with Gasteiger partial charge in [-0.2, -0.15) is 0 Å². The summed E-state index contributed by atoms with van der Waals surface area (Å²) in [5.41, 5.74) is 0.864. The van der Waals surface area contributed by atoms with Crippen molar-refractivity contribution in [2.24, 2.45) is 0 Å². The Morgan fingerprint density at radius 2 is 2.04 bits per heavy atom. The van der Waals surface area contributed by atoms with E-state index in [1.54, 1.807) is 12.3 Å². The highest BCUT2D eigenvalue weighted by atomic mass is 35.5. The molecule has 1 aliphatic rings. The number of hydrogen-bond acceptors (Lipinski definition) is 3. The molecule has 0 aliphatic heterocycles. The first kappa shape index (κ1) is 16.3. The van der Waals surface area contributed by atoms with Crippen LogP contribution in [0.5, 0.6) is 0 Å². The van der Waals surface area contributed by atoms with Crippen LogP contribution in [0.1, 0.15) is 31.2 Å². The number of halogens is 1. The van der Waals surface area contributed by atoms with Crippen LogP contribution >= 0.6 is 23.4 Å². The fraction of sp³-hybridized carbons (Fsp3) is 0.333. The van der Waals surface area contributed by atoms with Crippen LogP contribution in [0.4, 0.5) is 5.82 Å². The number of carbonyl (C=O) groups is 1. The highest BCUT2D eigenvalue weighted by Crippen LogP contribution is 2.39. The van der Waals surface area contributed by atoms with E-state index in [-0.39, 0.29) is 12.3 Å². The Morgan fingerprint density at radius 3 is 2.78 bits per heavy atom. The summed E-state index contributed by atoms with van der Waals surface area (Å²) < 4.78 is 0. The van der Waals surface area contributed by atoms with Gasteiger partial charge in [-0.15, -0.1) is 11.8 Å². The van der Waals surface area contributed by atoms with Gasteiger partial charge in [0.05, 0.1) is 11.4 Å². The number of nitrogens with one attached hydrogen (secondary N) is 1. The standard InChI is InChI=1S/C18H19ClN2OS/c19-18-13(12-17(22)21-16-10-3-4-11-20-16)6-5-9-15(18)23-14-7-1-2-8-14/h3-6,9-11,14H,1-2,7-8,12H2,(H,20,21,22). The van der Waals surface area contributed by atoms with Crippen LogP contribution in [0.25, 0.3) is 0 Å². The second-order valence-electron chi connectivity index (χ2n) is 5.69. The zero-order chi connectivity index (χ0) is 16.1. The average molecular weight is 347 g/mol. The minimum atomic E-state index is -0.103. The Kier molecular flexibility index (Phi) is 5.57. The Balaban J connectivity index is 1.66. The van der Waals surface area contributed by atoms with Crippen molar-refractivity contribution in [2.75, 3.05) is 5.32 Å². The summed E-state index contributed by atoms with van der Waals surface area (Å²) in [7, 11) is 0. The Morgan fingerprint density at radius 1 is 1.22 bits per heavy atom. The van der Waals surface area contributed by atoms with Gasteiger partial charge in [-0.25, -0.2) is 4.98 Å². The van der Waals surface area contributed by atoms with Gasteiger partial charge >= 0.3 is 0 Å². The zero-order valence-electron chi connectivity index (χ0n) is 12.8. The third-order valence-electron chi connectivity index (χ3n) is 3.92. The lowest BCUT2D eigenvalue weighted by molar-refractivity contribution is -0.115. The van der Waals surface area contributed by atoms with Crippen LogP contribution in [0.15, 0.2) is 47.5 Å². The molecule has 1 amide bonds. The quantitative estimate of drug-likeness (QED) is 0.832. The van der Waals surface area contributed by atoms with Gasteiger partial charge in [0.2, 0.25) is 5.91 Å². The first-order valence-electron chi connectivity index (χ1n) is 7.87. The number of hydrogen-bond donors (Lipinski definition) is 1. The fourth-order valence-electron chi connectivity index (χ4n) is 2.77. The van der Waals surface area contributed by atoms with Gasteiger partial charge in [0.15, 0.2) is 0 Å². The minimum Gasteiger partial charge on any atom is -0.310 e. The molecule has 3 nitrogen and oxygen atoms in total. The SMILES string of the molecule is O=C(Cc1cccc(SC2CCCC2)c1Cl)Nc1ccccn1. The van der Waals surface area contributed by atoms with Gasteiger partial charge in [0.25, 0.3) is 0 Å². The highest BCUT2D eigenvalue weighted by Gasteiger charge is 2.19. The maximum atomic E-state index is 12.2. The Labute approximate surface area is 145 Å². The molecular formula is C18H19ClN2OS. The summed E-state index contributed by atoms with van der Waals surface area (Å²) in [6, 6.07) is 11.4. The van der Waals surface area contributed by atoms with E-state index in [0.717, 1.165) is 10.5 Å². The summed E-state index contributed by atoms with van der Waals surface area (Å²) in [5, 5.41) is 4.16. The minimum absolute atomic E-state index is 0.103. The van der Waals surface area contributed by atoms with Crippen molar-refractivity contribution in [2.45, 2.75) is 42.2 Å². The molecule has 1 fully saturated rings. The molecule has 0 saturated heterocycles. The van der Waals surface area contributed by atoms with Crippen molar-refractivity contribution < 1.29 is 4.79 Å². The van der Waals surface area contributed by atoms with E-state index < -0.39 is 0 Å². The molecule has 1 aromatic carbocycles. The second kappa shape index (κ2) is 7.84. The molecule has 1 aromatic heterocycles. The topological polar surface area (TPSA) is 42.0 Å². The first-order chi connectivity index (χ1) is 11.2. The third-order valence-corrected chi connectivity index (χ3v) is 5.88. The van der Waals surface area contributed by atoms with Crippen molar-refractivity contribution in [3.05, 3.63) is 53.2 Å². The van der Waals surface area contributed by atoms with Gasteiger partial charge in [-0.3, -0.25) is 4.79 Å². The first-order valence-corrected chi connectivity index (χ1v) is 9.13. The monoisotopic (exact) mass is 346 g/mol. The van der Waals surface area contributed by atoms with E-state index >= 15 is 0 Å². The summed E-state index contributed by atoms with van der Waals surface area (Å²) in [4.78, 5) is 17.4. The maximum Gasteiger partial charge on any atom is 0.230 e. The molecular weight excluding hydrogens is 328 g/mol. The lowest BCUT2D eigenvalue weighted by atomic mass is 10.1. The molecule has 1 heterocycles. The molecule has 0 spiro atoms. The van der Waals surface area contributed by atoms with E-state index in [4.69, 9.17) is 11.6 Å². The lowest BCUT2D eigenvalue weighted by Crippen LogP contribution is -2.15. The predicted octanol–water partition coefficient (Wildman–Crippen LogP) is 4.95. The molecule has 0 bridgehead atoms. The molecule has 1 aliphatic carbocycles. The number of benzene rings is 1. The van der Waals surface area contributed by atoms with E-state index in [1.165, 1.54) is 25.7 Å². The smallest absolute Gasteiger partial charge is 0.230 e. The maximum absolute atomic E-state index is 12.2. The third kappa shape index (κ3) is 4.49. The lowest BCUT2D eigenvalue weighted by Gasteiger charge is -2.13. The van der Waals surface area contributed by atoms with E-state index in [9.17, 15) is 4.79 Å². The molecule has 3 rings (SSSR count). The molecule has 120 valence electrons. The van der Waals surface area contributed by atoms with Gasteiger partial charge < -0.3 is 5.32 Å². The summed E-state index contributed by atoms with van der Waals surface area (Å²) >= 11 is 8.36. The van der Waals surface area contributed by atoms with E-state index in [2.05, 4.69) is 10.3 Å². The van der Waals surface area contributed by atoms with Crippen molar-refractivity contribution in [3.8, 4) is 0 Å². The summed E-state index contributed by atoms with van der Waals surface area (Å²) in [5.74, 6) is 0.457. The van der Waals surface area contributed by atoms with Crippen LogP contribution in [-0.4, -0.2) is 16.1 Å². The zero-order valence-corrected chi connectivity index (χ0v) is 14.4. The number of carbonyl (C=O) groups excluding carboxylic acids is 1. The normalized spacial score (nSPS) is 14.8. The largest absolute Gasteiger partial charge is 0.310 e. The molecule has 1 saturated carbocycles. The molecule has 0 atom stereocenters.